The second kappa shape index (κ2) is 11.9. The van der Waals surface area contributed by atoms with E-state index < -0.39 is 0 Å². The van der Waals surface area contributed by atoms with Crippen LogP contribution in [0.3, 0.4) is 0 Å². The minimum absolute atomic E-state index is 0.0744. The van der Waals surface area contributed by atoms with Gasteiger partial charge >= 0.3 is 12.1 Å². The molecule has 2 fully saturated rings. The normalized spacial score (nSPS) is 19.5. The molecule has 2 aliphatic rings. The van der Waals surface area contributed by atoms with Gasteiger partial charge < -0.3 is 25.2 Å². The molecule has 0 aromatic heterocycles. The van der Waals surface area contributed by atoms with Gasteiger partial charge in [0, 0.05) is 72.1 Å². The fourth-order valence-corrected chi connectivity index (χ4v) is 4.48. The molecule has 2 saturated heterocycles. The van der Waals surface area contributed by atoms with E-state index in [0.29, 0.717) is 25.2 Å². The summed E-state index contributed by atoms with van der Waals surface area (Å²) in [7, 11) is 3.60. The van der Waals surface area contributed by atoms with E-state index >= 15 is 0 Å². The van der Waals surface area contributed by atoms with Gasteiger partial charge in [0.15, 0.2) is 0 Å². The summed E-state index contributed by atoms with van der Waals surface area (Å²) < 4.78 is 5.55. The first-order chi connectivity index (χ1) is 15.0. The third-order valence-electron chi connectivity index (χ3n) is 6.14. The van der Waals surface area contributed by atoms with Crippen molar-refractivity contribution in [1.82, 2.24) is 25.3 Å². The van der Waals surface area contributed by atoms with Gasteiger partial charge in [0.1, 0.15) is 0 Å². The summed E-state index contributed by atoms with van der Waals surface area (Å²) in [6, 6.07) is 10.9. The van der Waals surface area contributed by atoms with Crippen LogP contribution in [0.15, 0.2) is 30.3 Å². The molecule has 8 nitrogen and oxygen atoms in total. The number of nitrogens with zero attached hydrogens (tertiary/aromatic N) is 3. The number of hydrogen-bond acceptors (Lipinski definition) is 4. The van der Waals surface area contributed by atoms with Crippen LogP contribution < -0.4 is 10.6 Å². The highest BCUT2D eigenvalue weighted by Gasteiger charge is 2.34. The fourth-order valence-electron chi connectivity index (χ4n) is 4.48. The van der Waals surface area contributed by atoms with Crippen molar-refractivity contribution < 1.29 is 14.3 Å². The molecule has 172 valence electrons. The maximum atomic E-state index is 12.3. The molecule has 0 radical (unpaired) electrons. The van der Waals surface area contributed by atoms with Gasteiger partial charge in [-0.3, -0.25) is 4.90 Å². The standard InChI is InChI=1S/C23H37N5O3/c1-26(2)23(30)27-14-9-21(18-27)28(20-10-16-31-17-11-20)15-13-25-22(29)24-12-8-19-6-4-3-5-7-19/h3-7,20-21H,8-18H2,1-2H3,(H2,24,25,29). The van der Waals surface area contributed by atoms with Crippen LogP contribution in [0, 0.1) is 0 Å². The number of ether oxygens (including phenoxy) is 1. The summed E-state index contributed by atoms with van der Waals surface area (Å²) in [5.41, 5.74) is 1.21. The molecular formula is C23H37N5O3. The van der Waals surface area contributed by atoms with Crippen LogP contribution in [0.4, 0.5) is 9.59 Å². The van der Waals surface area contributed by atoms with Crippen LogP contribution >= 0.6 is 0 Å². The maximum absolute atomic E-state index is 12.3. The highest BCUT2D eigenvalue weighted by molar-refractivity contribution is 5.74. The molecule has 31 heavy (non-hydrogen) atoms. The first kappa shape index (κ1) is 23.3. The Bertz CT molecular complexity index is 694. The van der Waals surface area contributed by atoms with Gasteiger partial charge in [-0.1, -0.05) is 30.3 Å². The zero-order valence-electron chi connectivity index (χ0n) is 18.9. The molecule has 0 saturated carbocycles. The molecule has 4 amide bonds. The van der Waals surface area contributed by atoms with Crippen LogP contribution in [0.25, 0.3) is 0 Å². The van der Waals surface area contributed by atoms with Crippen LogP contribution in [-0.2, 0) is 11.2 Å². The Hall–Kier alpha value is -2.32. The molecule has 8 heteroatoms. The molecule has 1 aromatic carbocycles. The summed E-state index contributed by atoms with van der Waals surface area (Å²) in [5.74, 6) is 0. The average Bonchev–Trinajstić information content (AvgIpc) is 3.27. The van der Waals surface area contributed by atoms with Gasteiger partial charge in [-0.05, 0) is 31.2 Å². The zero-order chi connectivity index (χ0) is 22.1. The monoisotopic (exact) mass is 431 g/mol. The Morgan fingerprint density at radius 1 is 1.03 bits per heavy atom. The molecule has 1 unspecified atom stereocenters. The Morgan fingerprint density at radius 3 is 2.45 bits per heavy atom. The maximum Gasteiger partial charge on any atom is 0.319 e. The van der Waals surface area contributed by atoms with Crippen molar-refractivity contribution in [2.24, 2.45) is 0 Å². The topological polar surface area (TPSA) is 77.2 Å². The lowest BCUT2D eigenvalue weighted by Crippen LogP contribution is -2.51. The lowest BCUT2D eigenvalue weighted by Gasteiger charge is -2.38. The van der Waals surface area contributed by atoms with Crippen molar-refractivity contribution in [2.75, 3.05) is 60.0 Å². The second-order valence-electron chi connectivity index (χ2n) is 8.57. The summed E-state index contributed by atoms with van der Waals surface area (Å²) >= 11 is 0. The number of rotatable bonds is 8. The molecule has 0 aliphatic carbocycles. The predicted molar refractivity (Wildman–Crippen MR) is 121 cm³/mol. The minimum atomic E-state index is -0.126. The van der Waals surface area contributed by atoms with Crippen molar-refractivity contribution in [1.29, 1.82) is 0 Å². The van der Waals surface area contributed by atoms with E-state index in [2.05, 4.69) is 27.7 Å². The molecule has 0 spiro atoms. The molecule has 0 bridgehead atoms. The van der Waals surface area contributed by atoms with Crippen molar-refractivity contribution in [3.63, 3.8) is 0 Å². The number of carbonyl (C=O) groups is 2. The van der Waals surface area contributed by atoms with E-state index in [-0.39, 0.29) is 12.1 Å². The van der Waals surface area contributed by atoms with Crippen molar-refractivity contribution in [3.05, 3.63) is 35.9 Å². The summed E-state index contributed by atoms with van der Waals surface area (Å²) in [4.78, 5) is 30.6. The lowest BCUT2D eigenvalue weighted by atomic mass is 10.0. The fraction of sp³-hybridized carbons (Fsp3) is 0.652. The number of nitrogens with one attached hydrogen (secondary N) is 2. The molecule has 2 aliphatic heterocycles. The summed E-state index contributed by atoms with van der Waals surface area (Å²) in [5, 5.41) is 5.94. The zero-order valence-corrected chi connectivity index (χ0v) is 18.9. The smallest absolute Gasteiger partial charge is 0.319 e. The average molecular weight is 432 g/mol. The molecule has 2 heterocycles. The van der Waals surface area contributed by atoms with Gasteiger partial charge in [-0.2, -0.15) is 0 Å². The van der Waals surface area contributed by atoms with Gasteiger partial charge in [0.2, 0.25) is 0 Å². The van der Waals surface area contributed by atoms with Crippen LogP contribution in [-0.4, -0.2) is 98.9 Å². The van der Waals surface area contributed by atoms with E-state index in [1.54, 1.807) is 19.0 Å². The minimum Gasteiger partial charge on any atom is -0.381 e. The van der Waals surface area contributed by atoms with Crippen LogP contribution in [0.2, 0.25) is 0 Å². The van der Waals surface area contributed by atoms with Crippen molar-refractivity contribution >= 4 is 12.1 Å². The SMILES string of the molecule is CN(C)C(=O)N1CCC(N(CCNC(=O)NCCc2ccccc2)C2CCOCC2)C1. The van der Waals surface area contributed by atoms with Crippen molar-refractivity contribution in [3.8, 4) is 0 Å². The molecular weight excluding hydrogens is 394 g/mol. The Morgan fingerprint density at radius 2 is 1.74 bits per heavy atom. The van der Waals surface area contributed by atoms with Crippen LogP contribution in [0.5, 0.6) is 0 Å². The lowest BCUT2D eigenvalue weighted by molar-refractivity contribution is 0.0191. The number of carbonyl (C=O) groups excluding carboxylic acids is 2. The van der Waals surface area contributed by atoms with Gasteiger partial charge in [-0.15, -0.1) is 0 Å². The largest absolute Gasteiger partial charge is 0.381 e. The Kier molecular flexibility index (Phi) is 8.97. The highest BCUT2D eigenvalue weighted by Crippen LogP contribution is 2.23. The number of hydrogen-bond donors (Lipinski definition) is 2. The molecule has 3 rings (SSSR count). The van der Waals surface area contributed by atoms with E-state index in [0.717, 1.165) is 58.5 Å². The van der Waals surface area contributed by atoms with Gasteiger partial charge in [-0.25, -0.2) is 9.59 Å². The number of likely N-dealkylation sites (tertiary alicyclic amines) is 1. The number of benzene rings is 1. The third-order valence-corrected chi connectivity index (χ3v) is 6.14. The number of urea groups is 2. The summed E-state index contributed by atoms with van der Waals surface area (Å²) in [6.07, 6.45) is 3.79. The van der Waals surface area contributed by atoms with E-state index in [1.165, 1.54) is 5.56 Å². The second-order valence-corrected chi connectivity index (χ2v) is 8.57. The van der Waals surface area contributed by atoms with E-state index in [4.69, 9.17) is 4.74 Å². The molecule has 2 N–H and O–H groups in total. The first-order valence-electron chi connectivity index (χ1n) is 11.4. The Labute approximate surface area is 185 Å². The third kappa shape index (κ3) is 7.11. The van der Waals surface area contributed by atoms with Gasteiger partial charge in [0.05, 0.1) is 0 Å². The van der Waals surface area contributed by atoms with E-state index in [9.17, 15) is 9.59 Å². The Balaban J connectivity index is 1.45. The summed E-state index contributed by atoms with van der Waals surface area (Å²) in [6.45, 7) is 5.08. The first-order valence-corrected chi connectivity index (χ1v) is 11.4. The molecule has 1 aromatic rings. The highest BCUT2D eigenvalue weighted by atomic mass is 16.5. The van der Waals surface area contributed by atoms with Gasteiger partial charge in [0.25, 0.3) is 0 Å². The van der Waals surface area contributed by atoms with E-state index in [1.807, 2.05) is 23.1 Å². The van der Waals surface area contributed by atoms with Crippen LogP contribution in [0.1, 0.15) is 24.8 Å². The predicted octanol–water partition coefficient (Wildman–Crippen LogP) is 1.77. The molecule has 1 atom stereocenters. The quantitative estimate of drug-likeness (QED) is 0.658. The number of amides is 4. The van der Waals surface area contributed by atoms with Crippen molar-refractivity contribution in [2.45, 2.75) is 37.8 Å².